The van der Waals surface area contributed by atoms with Crippen molar-refractivity contribution in [3.05, 3.63) is 24.3 Å². The van der Waals surface area contributed by atoms with Gasteiger partial charge in [0.1, 0.15) is 23.9 Å². The van der Waals surface area contributed by atoms with Gasteiger partial charge in [0.15, 0.2) is 0 Å². The molecular formula is C10H14N4+2. The van der Waals surface area contributed by atoms with Crippen LogP contribution in [-0.2, 0) is 0 Å². The lowest BCUT2D eigenvalue weighted by Crippen LogP contribution is -2.95. The van der Waals surface area contributed by atoms with Gasteiger partial charge in [-0.3, -0.25) is 21.5 Å². The number of amidine groups is 2. The smallest absolute Gasteiger partial charge is 0.252 e. The van der Waals surface area contributed by atoms with E-state index in [9.17, 15) is 0 Å². The van der Waals surface area contributed by atoms with E-state index in [0.717, 1.165) is 11.7 Å². The maximum absolute atomic E-state index is 5.95. The summed E-state index contributed by atoms with van der Waals surface area (Å²) in [6.45, 7) is 0. The molecule has 0 aromatic rings. The molecule has 6 aliphatic rings. The molecule has 0 amide bonds. The van der Waals surface area contributed by atoms with Crippen LogP contribution in [0.1, 0.15) is 0 Å². The first kappa shape index (κ1) is 7.79. The van der Waals surface area contributed by atoms with Crippen LogP contribution in [0.4, 0.5) is 0 Å². The summed E-state index contributed by atoms with van der Waals surface area (Å²) < 4.78 is 0. The molecule has 1 aliphatic carbocycles. The number of rotatable bonds is 0. The average Bonchev–Trinajstić information content (AvgIpc) is 2.13. The topological polar surface area (TPSA) is 80.0 Å². The largest absolute Gasteiger partial charge is 0.291 e. The molecular weight excluding hydrogens is 176 g/mol. The summed E-state index contributed by atoms with van der Waals surface area (Å²) in [5, 5.41) is 0. The van der Waals surface area contributed by atoms with Crippen LogP contribution in [0, 0.1) is 11.8 Å². The minimum absolute atomic E-state index is 0.205. The zero-order valence-electron chi connectivity index (χ0n) is 7.77. The van der Waals surface area contributed by atoms with Gasteiger partial charge in [0.05, 0.1) is 0 Å². The molecule has 0 aromatic heterocycles. The van der Waals surface area contributed by atoms with Gasteiger partial charge in [0.25, 0.3) is 11.7 Å². The zero-order chi connectivity index (χ0) is 9.71. The van der Waals surface area contributed by atoms with E-state index in [-0.39, 0.29) is 23.9 Å². The SMILES string of the molecule is NC1=[NH+][C@@H]2C=C[C@H]1[C@H]1C=C[C@@H]2C(N)=[NH+]1. The van der Waals surface area contributed by atoms with Crippen LogP contribution in [0.25, 0.3) is 0 Å². The molecule has 5 aliphatic heterocycles. The highest BCUT2D eigenvalue weighted by atomic mass is 15.0. The minimum atomic E-state index is 0.205. The van der Waals surface area contributed by atoms with Gasteiger partial charge in [-0.15, -0.1) is 0 Å². The number of nitrogens with one attached hydrogen (secondary N) is 2. The molecule has 0 saturated heterocycles. The standard InChI is InChI=1S/C10H12N4/c11-9-5-1-3-7(13-9)6-2-4-8(5)14-10(6)12/h1-8H,(H2,11,13)(H2,12,14)/p+2/t5-,6-,7+,8+/m0/s1. The molecule has 4 heteroatoms. The molecule has 5 heterocycles. The second kappa shape index (κ2) is 2.47. The first-order valence-corrected chi connectivity index (χ1v) is 4.90. The molecule has 14 heavy (non-hydrogen) atoms. The molecule has 0 unspecified atom stereocenters. The predicted molar refractivity (Wildman–Crippen MR) is 53.2 cm³/mol. The highest BCUT2D eigenvalue weighted by molar-refractivity contribution is 5.85. The molecule has 0 aromatic carbocycles. The van der Waals surface area contributed by atoms with Gasteiger partial charge in [-0.1, -0.05) is 12.2 Å². The second-order valence-electron chi connectivity index (χ2n) is 4.07. The van der Waals surface area contributed by atoms with E-state index in [4.69, 9.17) is 11.5 Å². The first-order chi connectivity index (χ1) is 6.75. The van der Waals surface area contributed by atoms with E-state index in [2.05, 4.69) is 34.3 Å². The Labute approximate surface area is 82.1 Å². The Hall–Kier alpha value is -1.58. The molecule has 0 radical (unpaired) electrons. The van der Waals surface area contributed by atoms with Crippen molar-refractivity contribution < 1.29 is 9.98 Å². The van der Waals surface area contributed by atoms with Crippen LogP contribution in [0.3, 0.4) is 0 Å². The average molecular weight is 190 g/mol. The summed E-state index contributed by atoms with van der Waals surface area (Å²) in [5.41, 5.74) is 11.9. The Kier molecular flexibility index (Phi) is 1.37. The lowest BCUT2D eigenvalue weighted by atomic mass is 9.83. The highest BCUT2D eigenvalue weighted by Gasteiger charge is 2.40. The predicted octanol–water partition coefficient (Wildman–Crippen LogP) is -4.02. The van der Waals surface area contributed by atoms with Crippen LogP contribution in [0.2, 0.25) is 0 Å². The Bertz CT molecular complexity index is 353. The molecule has 6 rings (SSSR count). The van der Waals surface area contributed by atoms with Gasteiger partial charge in [0, 0.05) is 0 Å². The molecule has 4 bridgehead atoms. The number of hydrogen-bond donors (Lipinski definition) is 4. The van der Waals surface area contributed by atoms with E-state index in [0.29, 0.717) is 0 Å². The summed E-state index contributed by atoms with van der Waals surface area (Å²) >= 11 is 0. The van der Waals surface area contributed by atoms with E-state index < -0.39 is 0 Å². The van der Waals surface area contributed by atoms with Crippen molar-refractivity contribution in [1.82, 2.24) is 0 Å². The number of nitrogens with two attached hydrogens (primary N) is 2. The maximum atomic E-state index is 5.95. The Morgan fingerprint density at radius 1 is 0.786 bits per heavy atom. The van der Waals surface area contributed by atoms with Crippen molar-refractivity contribution in [2.45, 2.75) is 12.1 Å². The summed E-state index contributed by atoms with van der Waals surface area (Å²) in [4.78, 5) is 6.59. The van der Waals surface area contributed by atoms with Crippen molar-refractivity contribution in [1.29, 1.82) is 0 Å². The van der Waals surface area contributed by atoms with E-state index >= 15 is 0 Å². The van der Waals surface area contributed by atoms with Crippen molar-refractivity contribution in [3.63, 3.8) is 0 Å². The first-order valence-electron chi connectivity index (χ1n) is 4.90. The minimum Gasteiger partial charge on any atom is -0.291 e. The van der Waals surface area contributed by atoms with Gasteiger partial charge >= 0.3 is 0 Å². The lowest BCUT2D eigenvalue weighted by Gasteiger charge is -2.29. The maximum Gasteiger partial charge on any atom is 0.252 e. The highest BCUT2D eigenvalue weighted by Crippen LogP contribution is 2.16. The van der Waals surface area contributed by atoms with E-state index in [1.807, 2.05) is 0 Å². The monoisotopic (exact) mass is 190 g/mol. The van der Waals surface area contributed by atoms with E-state index in [1.54, 1.807) is 0 Å². The summed E-state index contributed by atoms with van der Waals surface area (Å²) in [5.74, 6) is 2.11. The van der Waals surface area contributed by atoms with Crippen molar-refractivity contribution in [2.75, 3.05) is 0 Å². The van der Waals surface area contributed by atoms with Crippen LogP contribution in [0.5, 0.6) is 0 Å². The van der Waals surface area contributed by atoms with Gasteiger partial charge in [-0.25, -0.2) is 0 Å². The fourth-order valence-corrected chi connectivity index (χ4v) is 2.41. The fourth-order valence-electron chi connectivity index (χ4n) is 2.41. The van der Waals surface area contributed by atoms with Crippen LogP contribution in [-0.4, -0.2) is 23.8 Å². The van der Waals surface area contributed by atoms with Gasteiger partial charge in [0.2, 0.25) is 0 Å². The van der Waals surface area contributed by atoms with Gasteiger partial charge < -0.3 is 0 Å². The van der Waals surface area contributed by atoms with Crippen LogP contribution >= 0.6 is 0 Å². The molecule has 0 fully saturated rings. The van der Waals surface area contributed by atoms with Crippen molar-refractivity contribution >= 4 is 11.7 Å². The number of hydrogen-bond acceptors (Lipinski definition) is 2. The van der Waals surface area contributed by atoms with Crippen molar-refractivity contribution in [3.8, 4) is 0 Å². The zero-order valence-corrected chi connectivity index (χ0v) is 7.77. The molecule has 0 saturated carbocycles. The van der Waals surface area contributed by atoms with Crippen LogP contribution in [0.15, 0.2) is 24.3 Å². The lowest BCUT2D eigenvalue weighted by molar-refractivity contribution is -0.535. The molecule has 6 N–H and O–H groups in total. The third kappa shape index (κ3) is 0.880. The summed E-state index contributed by atoms with van der Waals surface area (Å²) in [7, 11) is 0. The Morgan fingerprint density at radius 2 is 1.21 bits per heavy atom. The van der Waals surface area contributed by atoms with E-state index in [1.165, 1.54) is 0 Å². The normalized spacial score (nSPS) is 43.1. The molecule has 4 nitrogen and oxygen atoms in total. The van der Waals surface area contributed by atoms with Crippen molar-refractivity contribution in [2.24, 2.45) is 23.3 Å². The Balaban J connectivity index is 2.14. The van der Waals surface area contributed by atoms with Gasteiger partial charge in [-0.2, -0.15) is 0 Å². The van der Waals surface area contributed by atoms with Gasteiger partial charge in [-0.05, 0) is 12.2 Å². The summed E-state index contributed by atoms with van der Waals surface area (Å²) in [6, 6.07) is 0.410. The molecule has 4 atom stereocenters. The third-order valence-electron chi connectivity index (χ3n) is 3.21. The third-order valence-corrected chi connectivity index (χ3v) is 3.21. The summed E-state index contributed by atoms with van der Waals surface area (Å²) in [6.07, 6.45) is 8.65. The second-order valence-corrected chi connectivity index (χ2v) is 4.07. The van der Waals surface area contributed by atoms with Crippen LogP contribution < -0.4 is 21.5 Å². The fraction of sp³-hybridized carbons (Fsp3) is 0.400. The quantitative estimate of drug-likeness (QED) is 0.294. The molecule has 72 valence electrons. The molecule has 0 spiro atoms. The Morgan fingerprint density at radius 3 is 1.57 bits per heavy atom.